The Morgan fingerprint density at radius 3 is 1.81 bits per heavy atom. The molecule has 168 valence electrons. The van der Waals surface area contributed by atoms with E-state index in [4.69, 9.17) is 9.78 Å². The number of fused-ring (bicyclic) bond motifs is 2. The molecule has 1 amide bonds. The van der Waals surface area contributed by atoms with Gasteiger partial charge in [0.25, 0.3) is 11.5 Å². The molecule has 0 radical (unpaired) electrons. The van der Waals surface area contributed by atoms with Gasteiger partial charge in [0.05, 0.1) is 6.54 Å². The first-order valence-electron chi connectivity index (χ1n) is 9.75. The summed E-state index contributed by atoms with van der Waals surface area (Å²) < 4.78 is 1.69. The van der Waals surface area contributed by atoms with Gasteiger partial charge < -0.3 is 9.47 Å². The predicted octanol–water partition coefficient (Wildman–Crippen LogP) is 4.41. The summed E-state index contributed by atoms with van der Waals surface area (Å²) in [6.07, 6.45) is 4.41. The molecular formula is C26H30N2O4. The van der Waals surface area contributed by atoms with Gasteiger partial charge in [0.2, 0.25) is 0 Å². The van der Waals surface area contributed by atoms with Crippen LogP contribution in [-0.2, 0) is 27.7 Å². The quantitative estimate of drug-likeness (QED) is 0.451. The van der Waals surface area contributed by atoms with Gasteiger partial charge in [0, 0.05) is 18.8 Å². The van der Waals surface area contributed by atoms with Gasteiger partial charge in [-0.1, -0.05) is 81.6 Å². The number of pyridine rings is 1. The fourth-order valence-electron chi connectivity index (χ4n) is 3.26. The Labute approximate surface area is 189 Å². The van der Waals surface area contributed by atoms with Gasteiger partial charge in [-0.25, -0.2) is 9.78 Å². The molecular weight excluding hydrogens is 404 g/mol. The SMILES string of the molecule is C.C.O=C1C2C=CC(OO2)N1Cc1ccccc1.O=c1ccccn1Cc1ccccc1. The molecule has 1 aromatic heterocycles. The minimum Gasteiger partial charge on any atom is -0.311 e. The van der Waals surface area contributed by atoms with Gasteiger partial charge in [0.1, 0.15) is 0 Å². The molecule has 4 heterocycles. The topological polar surface area (TPSA) is 60.8 Å². The van der Waals surface area contributed by atoms with Crippen molar-refractivity contribution in [1.29, 1.82) is 0 Å². The van der Waals surface area contributed by atoms with Crippen LogP contribution in [0.1, 0.15) is 26.0 Å². The molecule has 6 nitrogen and oxygen atoms in total. The van der Waals surface area contributed by atoms with E-state index in [1.54, 1.807) is 33.9 Å². The van der Waals surface area contributed by atoms with Crippen LogP contribution < -0.4 is 5.56 Å². The van der Waals surface area contributed by atoms with Gasteiger partial charge in [-0.05, 0) is 29.3 Å². The Balaban J connectivity index is 0.000000215. The van der Waals surface area contributed by atoms with Crippen LogP contribution in [0.25, 0.3) is 0 Å². The first-order chi connectivity index (χ1) is 14.7. The van der Waals surface area contributed by atoms with Crippen LogP contribution in [0.3, 0.4) is 0 Å². The Morgan fingerprint density at radius 1 is 0.688 bits per heavy atom. The van der Waals surface area contributed by atoms with Crippen molar-refractivity contribution in [3.05, 3.63) is 119 Å². The van der Waals surface area contributed by atoms with E-state index in [2.05, 4.69) is 0 Å². The number of nitrogens with zero attached hydrogens (tertiary/aromatic N) is 2. The lowest BCUT2D eigenvalue weighted by Gasteiger charge is -2.39. The summed E-state index contributed by atoms with van der Waals surface area (Å²) in [5.41, 5.74) is 2.26. The van der Waals surface area contributed by atoms with Crippen molar-refractivity contribution in [1.82, 2.24) is 9.47 Å². The molecule has 3 aliphatic rings. The van der Waals surface area contributed by atoms with Crippen molar-refractivity contribution in [3.63, 3.8) is 0 Å². The van der Waals surface area contributed by atoms with Crippen molar-refractivity contribution in [3.8, 4) is 0 Å². The van der Waals surface area contributed by atoms with Gasteiger partial charge in [0.15, 0.2) is 12.3 Å². The van der Waals surface area contributed by atoms with Crippen LogP contribution in [-0.4, -0.2) is 27.7 Å². The zero-order valence-electron chi connectivity index (χ0n) is 16.3. The second-order valence-corrected chi connectivity index (χ2v) is 6.99. The highest BCUT2D eigenvalue weighted by atomic mass is 17.2. The minimum absolute atomic E-state index is 0. The van der Waals surface area contributed by atoms with E-state index in [-0.39, 0.29) is 26.3 Å². The molecule has 0 aliphatic carbocycles. The number of aromatic nitrogens is 1. The van der Waals surface area contributed by atoms with Crippen molar-refractivity contribution in [2.75, 3.05) is 0 Å². The number of amides is 1. The minimum atomic E-state index is -0.575. The third kappa shape index (κ3) is 6.03. The average molecular weight is 435 g/mol. The molecule has 0 saturated carbocycles. The van der Waals surface area contributed by atoms with Crippen LogP contribution in [0, 0.1) is 0 Å². The monoisotopic (exact) mass is 434 g/mol. The van der Waals surface area contributed by atoms with Crippen LogP contribution in [0.15, 0.2) is 102 Å². The van der Waals surface area contributed by atoms with Crippen molar-refractivity contribution in [2.45, 2.75) is 40.3 Å². The number of carbonyl (C=O) groups excluding carboxylic acids is 1. The molecule has 3 aliphatic heterocycles. The zero-order valence-corrected chi connectivity index (χ0v) is 16.3. The van der Waals surface area contributed by atoms with E-state index in [1.165, 1.54) is 0 Å². The Bertz CT molecular complexity index is 1060. The summed E-state index contributed by atoms with van der Waals surface area (Å²) in [4.78, 5) is 34.8. The normalized spacial score (nSPS) is 18.1. The molecule has 2 aromatic carbocycles. The molecule has 2 atom stereocenters. The Morgan fingerprint density at radius 2 is 1.28 bits per heavy atom. The standard InChI is InChI=1S/C12H11NO3.C12H11NO.2CH4/c14-12-10-6-7-11(16-15-10)13(12)8-9-4-2-1-3-5-9;14-12-8-4-5-9-13(12)10-11-6-2-1-3-7-11;;/h1-7,10-11H,8H2;1-9H,10H2;2*1H4. The third-order valence-electron chi connectivity index (χ3n) is 4.83. The van der Waals surface area contributed by atoms with E-state index >= 15 is 0 Å². The van der Waals surface area contributed by atoms with E-state index in [0.717, 1.165) is 11.1 Å². The highest BCUT2D eigenvalue weighted by Crippen LogP contribution is 2.24. The lowest BCUT2D eigenvalue weighted by molar-refractivity contribution is -0.376. The van der Waals surface area contributed by atoms with Crippen LogP contribution in [0.5, 0.6) is 0 Å². The fraction of sp³-hybridized carbons (Fsp3) is 0.231. The lowest BCUT2D eigenvalue weighted by Crippen LogP contribution is -2.53. The smallest absolute Gasteiger partial charge is 0.261 e. The van der Waals surface area contributed by atoms with Gasteiger partial charge in [-0.15, -0.1) is 0 Å². The maximum Gasteiger partial charge on any atom is 0.261 e. The van der Waals surface area contributed by atoms with E-state index in [9.17, 15) is 9.59 Å². The Hall–Kier alpha value is -3.48. The number of hydrogen-bond donors (Lipinski definition) is 0. The van der Waals surface area contributed by atoms with E-state index in [0.29, 0.717) is 13.1 Å². The van der Waals surface area contributed by atoms with Gasteiger partial charge >= 0.3 is 0 Å². The summed E-state index contributed by atoms with van der Waals surface area (Å²) in [6.45, 7) is 1.19. The molecule has 2 unspecified atom stereocenters. The first kappa shape index (κ1) is 24.8. The highest BCUT2D eigenvalue weighted by molar-refractivity contribution is 5.84. The Kier molecular flexibility index (Phi) is 9.13. The number of hydrogen-bond acceptors (Lipinski definition) is 4. The summed E-state index contributed by atoms with van der Waals surface area (Å²) in [6, 6.07) is 25.0. The first-order valence-corrected chi connectivity index (χ1v) is 9.75. The third-order valence-corrected chi connectivity index (χ3v) is 4.83. The second kappa shape index (κ2) is 11.8. The molecule has 0 spiro atoms. The molecule has 2 bridgehead atoms. The summed E-state index contributed by atoms with van der Waals surface area (Å²) in [7, 11) is 0. The summed E-state index contributed by atoms with van der Waals surface area (Å²) >= 11 is 0. The van der Waals surface area contributed by atoms with Crippen LogP contribution in [0.4, 0.5) is 0 Å². The van der Waals surface area contributed by atoms with E-state index in [1.807, 2.05) is 72.8 Å². The van der Waals surface area contributed by atoms with Gasteiger partial charge in [-0.3, -0.25) is 9.59 Å². The highest BCUT2D eigenvalue weighted by Gasteiger charge is 2.39. The number of rotatable bonds is 4. The molecule has 1 saturated heterocycles. The molecule has 0 N–H and O–H groups in total. The van der Waals surface area contributed by atoms with E-state index < -0.39 is 12.3 Å². The summed E-state index contributed by atoms with van der Waals surface area (Å²) in [5, 5.41) is 0. The number of carbonyl (C=O) groups is 1. The fourth-order valence-corrected chi connectivity index (χ4v) is 3.26. The second-order valence-electron chi connectivity index (χ2n) is 6.99. The summed E-state index contributed by atoms with van der Waals surface area (Å²) in [5.74, 6) is -0.0393. The van der Waals surface area contributed by atoms with Gasteiger partial charge in [-0.2, -0.15) is 0 Å². The lowest BCUT2D eigenvalue weighted by atomic mass is 10.1. The van der Waals surface area contributed by atoms with Crippen LogP contribution >= 0.6 is 0 Å². The van der Waals surface area contributed by atoms with Crippen molar-refractivity contribution < 1.29 is 14.6 Å². The zero-order chi connectivity index (χ0) is 20.8. The average Bonchev–Trinajstić information content (AvgIpc) is 2.80. The molecule has 3 aromatic rings. The molecule has 6 rings (SSSR count). The maximum absolute atomic E-state index is 11.9. The van der Waals surface area contributed by atoms with Crippen LogP contribution in [0.2, 0.25) is 0 Å². The molecule has 32 heavy (non-hydrogen) atoms. The molecule has 1 fully saturated rings. The largest absolute Gasteiger partial charge is 0.311 e. The maximum atomic E-state index is 11.9. The molecule has 6 heteroatoms. The predicted molar refractivity (Wildman–Crippen MR) is 126 cm³/mol. The van der Waals surface area contributed by atoms with Crippen molar-refractivity contribution >= 4 is 5.91 Å². The van der Waals surface area contributed by atoms with Crippen molar-refractivity contribution in [2.24, 2.45) is 0 Å². The number of benzene rings is 2.